The summed E-state index contributed by atoms with van der Waals surface area (Å²) in [7, 11) is 3.92. The normalized spacial score (nSPS) is 16.3. The number of fused-ring (bicyclic) bond motifs is 1. The van der Waals surface area contributed by atoms with Crippen LogP contribution in [0.15, 0.2) is 59.5 Å². The van der Waals surface area contributed by atoms with E-state index < -0.39 is 6.04 Å². The molecule has 6 rings (SSSR count). The fraction of sp³-hybridized carbons (Fsp3) is 0.452. The Balaban J connectivity index is 1.08. The number of nitrogens with zero attached hydrogens (tertiary/aromatic N) is 4. The quantitative estimate of drug-likeness (QED) is 0.0897. The number of aryl methyl sites for hydroxylation is 3. The fourth-order valence-electron chi connectivity index (χ4n) is 7.05. The molecule has 2 aromatic heterocycles. The van der Waals surface area contributed by atoms with Gasteiger partial charge in [0.25, 0.3) is 11.5 Å². The zero-order chi connectivity index (χ0) is 40.0. The number of piperazine rings is 1. The average molecular weight is 800 g/mol. The number of thiophene rings is 1. The highest BCUT2D eigenvalue weighted by atomic mass is 32.1. The molecule has 1 aliphatic heterocycles. The molecule has 298 valence electrons. The predicted molar refractivity (Wildman–Crippen MR) is 226 cm³/mol. The molecule has 3 amide bonds. The molecule has 56 heavy (non-hydrogen) atoms. The SMILES string of the molecule is CCC(=O)NCC(C)(C)COPCCN1CCN(C)[C@H](c2ccc(Nc3nc(-c4cccc(NC(=O)c5cc6c(s5)CCCC6)c4C)cn(C)c3=O)cc2)C1=O. The van der Waals surface area contributed by atoms with Crippen LogP contribution in [0.1, 0.15) is 77.3 Å². The van der Waals surface area contributed by atoms with Gasteiger partial charge in [-0.15, -0.1) is 11.3 Å². The van der Waals surface area contributed by atoms with Gasteiger partial charge in [0.05, 0.1) is 17.2 Å². The highest BCUT2D eigenvalue weighted by Gasteiger charge is 2.33. The molecule has 1 fully saturated rings. The summed E-state index contributed by atoms with van der Waals surface area (Å²) in [6, 6.07) is 14.9. The van der Waals surface area contributed by atoms with Crippen molar-refractivity contribution < 1.29 is 18.9 Å². The van der Waals surface area contributed by atoms with Crippen molar-refractivity contribution in [3.8, 4) is 11.3 Å². The van der Waals surface area contributed by atoms with Crippen LogP contribution in [-0.2, 0) is 34.0 Å². The van der Waals surface area contributed by atoms with Gasteiger partial charge in [0, 0.05) is 88.0 Å². The van der Waals surface area contributed by atoms with Crippen molar-refractivity contribution in [1.82, 2.24) is 24.7 Å². The van der Waals surface area contributed by atoms with Gasteiger partial charge >= 0.3 is 0 Å². The lowest BCUT2D eigenvalue weighted by molar-refractivity contribution is -0.140. The average Bonchev–Trinajstić information content (AvgIpc) is 3.63. The Hall–Kier alpha value is -4.42. The molecule has 3 heterocycles. The Morgan fingerprint density at radius 3 is 2.57 bits per heavy atom. The Kier molecular flexibility index (Phi) is 13.4. The highest BCUT2D eigenvalue weighted by Crippen LogP contribution is 2.33. The van der Waals surface area contributed by atoms with Crippen molar-refractivity contribution in [3.63, 3.8) is 0 Å². The summed E-state index contributed by atoms with van der Waals surface area (Å²) in [5.74, 6) is 0.144. The summed E-state index contributed by atoms with van der Waals surface area (Å²) in [4.78, 5) is 62.7. The molecule has 0 radical (unpaired) electrons. The van der Waals surface area contributed by atoms with Gasteiger partial charge in [0.15, 0.2) is 5.82 Å². The molecule has 1 aliphatic carbocycles. The number of anilines is 3. The second kappa shape index (κ2) is 18.2. The van der Waals surface area contributed by atoms with Crippen LogP contribution in [0.4, 0.5) is 17.2 Å². The summed E-state index contributed by atoms with van der Waals surface area (Å²) in [6.07, 6.45) is 7.33. The van der Waals surface area contributed by atoms with Crippen LogP contribution >= 0.6 is 20.1 Å². The Morgan fingerprint density at radius 2 is 1.82 bits per heavy atom. The number of nitrogens with one attached hydrogen (secondary N) is 3. The lowest BCUT2D eigenvalue weighted by Gasteiger charge is -2.39. The van der Waals surface area contributed by atoms with Crippen LogP contribution in [-0.4, -0.2) is 83.1 Å². The summed E-state index contributed by atoms with van der Waals surface area (Å²) in [5.41, 5.74) is 5.33. The minimum atomic E-state index is -0.418. The number of likely N-dealkylation sites (N-methyl/N-ethyl adjacent to an activating group) is 1. The van der Waals surface area contributed by atoms with Crippen LogP contribution in [0.25, 0.3) is 11.3 Å². The number of carbonyl (C=O) groups excluding carboxylic acids is 3. The Labute approximate surface area is 335 Å². The maximum atomic E-state index is 13.7. The standard InChI is InChI=1S/C42H54N7O5PS/c1-7-36(50)43-25-42(3,4)26-54-55-22-21-49-20-19-47(5)37(40(49)52)28-15-17-30(18-16-28)44-38-41(53)48(6)24-33(45-38)31-12-10-13-32(27(31)2)46-39(51)35-23-29-11-8-9-14-34(29)56-35/h10,12-13,15-18,23-24,37,55H,7-9,11,14,19-22,25-26H2,1-6H3,(H,43,50)(H,44,45)(H,46,51)/t37-/m1/s1. The van der Waals surface area contributed by atoms with Crippen LogP contribution in [0.5, 0.6) is 0 Å². The predicted octanol–water partition coefficient (Wildman–Crippen LogP) is 6.67. The fourth-order valence-corrected chi connectivity index (χ4v) is 9.20. The first-order chi connectivity index (χ1) is 26.8. The zero-order valence-corrected chi connectivity index (χ0v) is 35.1. The molecule has 0 bridgehead atoms. The molecule has 0 saturated carbocycles. The number of hydrogen-bond donors (Lipinski definition) is 3. The van der Waals surface area contributed by atoms with E-state index in [4.69, 9.17) is 9.51 Å². The smallest absolute Gasteiger partial charge is 0.293 e. The number of amides is 3. The number of carbonyl (C=O) groups is 3. The summed E-state index contributed by atoms with van der Waals surface area (Å²) in [5, 5.41) is 9.25. The van der Waals surface area contributed by atoms with Crippen LogP contribution in [0.3, 0.4) is 0 Å². The van der Waals surface area contributed by atoms with Crippen molar-refractivity contribution in [3.05, 3.63) is 91.5 Å². The summed E-state index contributed by atoms with van der Waals surface area (Å²) < 4.78 is 7.47. The maximum Gasteiger partial charge on any atom is 0.293 e. The largest absolute Gasteiger partial charge is 0.362 e. The van der Waals surface area contributed by atoms with Crippen molar-refractivity contribution >= 4 is 55.1 Å². The van der Waals surface area contributed by atoms with Gasteiger partial charge in [0.1, 0.15) is 6.04 Å². The van der Waals surface area contributed by atoms with E-state index in [1.807, 2.05) is 74.3 Å². The first-order valence-electron chi connectivity index (χ1n) is 19.4. The van der Waals surface area contributed by atoms with E-state index in [2.05, 4.69) is 34.7 Å². The van der Waals surface area contributed by atoms with Gasteiger partial charge < -0.3 is 29.9 Å². The van der Waals surface area contributed by atoms with Crippen LogP contribution in [0, 0.1) is 12.3 Å². The van der Waals surface area contributed by atoms with E-state index in [0.717, 1.165) is 47.1 Å². The van der Waals surface area contributed by atoms with E-state index in [1.165, 1.54) is 27.8 Å². The molecule has 1 saturated heterocycles. The van der Waals surface area contributed by atoms with E-state index in [0.29, 0.717) is 49.7 Å². The monoisotopic (exact) mass is 799 g/mol. The topological polar surface area (TPSA) is 138 Å². The number of aromatic nitrogens is 2. The van der Waals surface area contributed by atoms with Crippen molar-refractivity contribution in [2.45, 2.75) is 65.8 Å². The number of hydrogen-bond acceptors (Lipinski definition) is 9. The lowest BCUT2D eigenvalue weighted by Crippen LogP contribution is -2.51. The molecule has 2 aliphatic rings. The molecule has 12 nitrogen and oxygen atoms in total. The molecule has 1 unspecified atom stereocenters. The van der Waals surface area contributed by atoms with Gasteiger partial charge in [-0.05, 0) is 80.6 Å². The van der Waals surface area contributed by atoms with Gasteiger partial charge in [-0.2, -0.15) is 0 Å². The van der Waals surface area contributed by atoms with Crippen molar-refractivity contribution in [2.75, 3.05) is 56.6 Å². The van der Waals surface area contributed by atoms with Crippen molar-refractivity contribution in [2.24, 2.45) is 12.5 Å². The Morgan fingerprint density at radius 1 is 1.05 bits per heavy atom. The molecular formula is C42H54N7O5PS. The first kappa shape index (κ1) is 41.2. The minimum absolute atomic E-state index is 0.0340. The molecule has 0 spiro atoms. The van der Waals surface area contributed by atoms with Gasteiger partial charge in [0.2, 0.25) is 11.8 Å². The maximum absolute atomic E-state index is 13.7. The molecule has 2 aromatic carbocycles. The first-order valence-corrected chi connectivity index (χ1v) is 21.3. The van der Waals surface area contributed by atoms with E-state index in [9.17, 15) is 19.2 Å². The zero-order valence-electron chi connectivity index (χ0n) is 33.3. The van der Waals surface area contributed by atoms with Crippen LogP contribution < -0.4 is 21.5 Å². The Bertz CT molecular complexity index is 2090. The van der Waals surface area contributed by atoms with E-state index >= 15 is 0 Å². The third-order valence-electron chi connectivity index (χ3n) is 10.5. The second-order valence-electron chi connectivity index (χ2n) is 15.5. The van der Waals surface area contributed by atoms with E-state index in [-0.39, 0.29) is 43.3 Å². The number of rotatable bonds is 15. The molecular weight excluding hydrogens is 746 g/mol. The molecule has 3 N–H and O–H groups in total. The second-order valence-corrected chi connectivity index (χ2v) is 17.7. The van der Waals surface area contributed by atoms with Gasteiger partial charge in [-0.25, -0.2) is 4.98 Å². The van der Waals surface area contributed by atoms with Crippen LogP contribution in [0.2, 0.25) is 0 Å². The van der Waals surface area contributed by atoms with Gasteiger partial charge in [-0.1, -0.05) is 45.0 Å². The summed E-state index contributed by atoms with van der Waals surface area (Å²) in [6.45, 7) is 11.0. The van der Waals surface area contributed by atoms with Crippen molar-refractivity contribution in [1.29, 1.82) is 0 Å². The highest BCUT2D eigenvalue weighted by molar-refractivity contribution is 7.32. The van der Waals surface area contributed by atoms with E-state index in [1.54, 1.807) is 24.6 Å². The summed E-state index contributed by atoms with van der Waals surface area (Å²) >= 11 is 1.59. The molecule has 2 atom stereocenters. The third-order valence-corrected chi connectivity index (χ3v) is 12.5. The molecule has 4 aromatic rings. The third kappa shape index (κ3) is 9.92. The lowest BCUT2D eigenvalue weighted by atomic mass is 9.95. The molecule has 14 heteroatoms. The number of benzene rings is 2. The van der Waals surface area contributed by atoms with Gasteiger partial charge in [-0.3, -0.25) is 24.1 Å². The minimum Gasteiger partial charge on any atom is -0.362 e.